The fourth-order valence-corrected chi connectivity index (χ4v) is 3.59. The number of nitriles is 1. The molecular formula is C22H25N3O2. The number of ether oxygens (including phenoxy) is 1. The molecule has 0 radical (unpaired) electrons. The first-order chi connectivity index (χ1) is 13.1. The number of hydrogen-bond donors (Lipinski definition) is 1. The molecule has 3 rings (SSSR count). The molecule has 1 saturated heterocycles. The SMILES string of the molecule is CN(Cc1cccc(C#N)c1)C(=O)NCC1(c2ccccc2)CCOCC1. The quantitative estimate of drug-likeness (QED) is 0.885. The molecule has 2 aromatic carbocycles. The second-order valence-corrected chi connectivity index (χ2v) is 7.09. The molecule has 0 saturated carbocycles. The smallest absolute Gasteiger partial charge is 0.317 e. The third kappa shape index (κ3) is 4.66. The van der Waals surface area contributed by atoms with Crippen LogP contribution in [-0.4, -0.2) is 37.7 Å². The van der Waals surface area contributed by atoms with E-state index in [-0.39, 0.29) is 11.4 Å². The minimum absolute atomic E-state index is 0.0866. The van der Waals surface area contributed by atoms with Crippen molar-refractivity contribution in [3.05, 3.63) is 71.3 Å². The maximum atomic E-state index is 12.6. The van der Waals surface area contributed by atoms with E-state index < -0.39 is 0 Å². The van der Waals surface area contributed by atoms with Crippen LogP contribution in [-0.2, 0) is 16.7 Å². The fourth-order valence-electron chi connectivity index (χ4n) is 3.59. The van der Waals surface area contributed by atoms with Gasteiger partial charge in [0.2, 0.25) is 0 Å². The predicted octanol–water partition coefficient (Wildman–Crippen LogP) is 3.45. The largest absolute Gasteiger partial charge is 0.381 e. The highest BCUT2D eigenvalue weighted by molar-refractivity contribution is 5.74. The summed E-state index contributed by atoms with van der Waals surface area (Å²) in [6, 6.07) is 19.7. The van der Waals surface area contributed by atoms with Crippen LogP contribution in [0.25, 0.3) is 0 Å². The van der Waals surface area contributed by atoms with Crippen molar-refractivity contribution in [1.82, 2.24) is 10.2 Å². The number of amides is 2. The Morgan fingerprint density at radius 2 is 1.93 bits per heavy atom. The van der Waals surface area contributed by atoms with E-state index in [2.05, 4.69) is 23.5 Å². The minimum atomic E-state index is -0.112. The molecular weight excluding hydrogens is 338 g/mol. The van der Waals surface area contributed by atoms with Crippen LogP contribution in [0.4, 0.5) is 4.79 Å². The van der Waals surface area contributed by atoms with Gasteiger partial charge in [-0.3, -0.25) is 0 Å². The van der Waals surface area contributed by atoms with Gasteiger partial charge in [-0.25, -0.2) is 4.79 Å². The van der Waals surface area contributed by atoms with Gasteiger partial charge in [0.05, 0.1) is 11.6 Å². The molecule has 0 spiro atoms. The molecule has 1 N–H and O–H groups in total. The van der Waals surface area contributed by atoms with E-state index in [9.17, 15) is 4.79 Å². The van der Waals surface area contributed by atoms with Crippen LogP contribution in [0.15, 0.2) is 54.6 Å². The van der Waals surface area contributed by atoms with Gasteiger partial charge < -0.3 is 15.0 Å². The Balaban J connectivity index is 1.64. The first-order valence-corrected chi connectivity index (χ1v) is 9.24. The lowest BCUT2D eigenvalue weighted by Crippen LogP contribution is -2.47. The van der Waals surface area contributed by atoms with Crippen LogP contribution in [0.5, 0.6) is 0 Å². The molecule has 5 heteroatoms. The van der Waals surface area contributed by atoms with E-state index in [1.54, 1.807) is 18.0 Å². The fraction of sp³-hybridized carbons (Fsp3) is 0.364. The van der Waals surface area contributed by atoms with Crippen molar-refractivity contribution in [3.8, 4) is 6.07 Å². The predicted molar refractivity (Wildman–Crippen MR) is 104 cm³/mol. The maximum Gasteiger partial charge on any atom is 0.317 e. The average Bonchev–Trinajstić information content (AvgIpc) is 2.73. The van der Waals surface area contributed by atoms with Crippen molar-refractivity contribution in [2.24, 2.45) is 0 Å². The number of carbonyl (C=O) groups excluding carboxylic acids is 1. The highest BCUT2D eigenvalue weighted by Crippen LogP contribution is 2.34. The molecule has 1 aliphatic heterocycles. The standard InChI is InChI=1S/C22H25N3O2/c1-25(16-19-7-5-6-18(14-19)15-23)21(26)24-17-22(10-12-27-13-11-22)20-8-3-2-4-9-20/h2-9,14H,10-13,16-17H2,1H3,(H,24,26). The second kappa shape index (κ2) is 8.70. The van der Waals surface area contributed by atoms with Gasteiger partial charge in [0.15, 0.2) is 0 Å². The maximum absolute atomic E-state index is 12.6. The molecule has 140 valence electrons. The first kappa shape index (κ1) is 18.9. The van der Waals surface area contributed by atoms with E-state index in [0.29, 0.717) is 31.9 Å². The third-order valence-electron chi connectivity index (χ3n) is 5.24. The zero-order chi connectivity index (χ0) is 19.1. The summed E-state index contributed by atoms with van der Waals surface area (Å²) in [5.41, 5.74) is 2.71. The summed E-state index contributed by atoms with van der Waals surface area (Å²) in [5.74, 6) is 0. The summed E-state index contributed by atoms with van der Waals surface area (Å²) in [6.45, 7) is 2.47. The van der Waals surface area contributed by atoms with Gasteiger partial charge in [0.25, 0.3) is 0 Å². The van der Waals surface area contributed by atoms with Gasteiger partial charge in [-0.15, -0.1) is 0 Å². The van der Waals surface area contributed by atoms with E-state index in [1.165, 1.54) is 5.56 Å². The van der Waals surface area contributed by atoms with Gasteiger partial charge >= 0.3 is 6.03 Å². The Kier molecular flexibility index (Phi) is 6.10. The number of rotatable bonds is 5. The molecule has 0 aliphatic carbocycles. The van der Waals surface area contributed by atoms with E-state index >= 15 is 0 Å². The lowest BCUT2D eigenvalue weighted by molar-refractivity contribution is 0.0502. The van der Waals surface area contributed by atoms with E-state index in [4.69, 9.17) is 10.00 Å². The van der Waals surface area contributed by atoms with Crippen LogP contribution in [0, 0.1) is 11.3 Å². The Hall–Kier alpha value is -2.84. The summed E-state index contributed by atoms with van der Waals surface area (Å²) >= 11 is 0. The molecule has 0 unspecified atom stereocenters. The summed E-state index contributed by atoms with van der Waals surface area (Å²) in [7, 11) is 1.77. The Morgan fingerprint density at radius 3 is 2.63 bits per heavy atom. The van der Waals surface area contributed by atoms with Crippen LogP contribution < -0.4 is 5.32 Å². The van der Waals surface area contributed by atoms with Crippen LogP contribution in [0.3, 0.4) is 0 Å². The van der Waals surface area contributed by atoms with Crippen molar-refractivity contribution in [1.29, 1.82) is 5.26 Å². The Bertz CT molecular complexity index is 808. The van der Waals surface area contributed by atoms with Crippen molar-refractivity contribution in [2.45, 2.75) is 24.8 Å². The lowest BCUT2D eigenvalue weighted by Gasteiger charge is -2.38. The van der Waals surface area contributed by atoms with Gasteiger partial charge in [-0.2, -0.15) is 5.26 Å². The Morgan fingerprint density at radius 1 is 1.19 bits per heavy atom. The van der Waals surface area contributed by atoms with Crippen LogP contribution in [0.2, 0.25) is 0 Å². The molecule has 1 heterocycles. The minimum Gasteiger partial charge on any atom is -0.381 e. The monoisotopic (exact) mass is 363 g/mol. The number of carbonyl (C=O) groups is 1. The van der Waals surface area contributed by atoms with E-state index in [1.807, 2.05) is 36.4 Å². The zero-order valence-corrected chi connectivity index (χ0v) is 15.6. The highest BCUT2D eigenvalue weighted by atomic mass is 16.5. The van der Waals surface area contributed by atoms with Gasteiger partial charge in [-0.05, 0) is 36.1 Å². The molecule has 1 aliphatic rings. The number of benzene rings is 2. The lowest BCUT2D eigenvalue weighted by atomic mass is 9.74. The molecule has 2 aromatic rings. The molecule has 5 nitrogen and oxygen atoms in total. The summed E-state index contributed by atoms with van der Waals surface area (Å²) in [6.07, 6.45) is 1.79. The van der Waals surface area contributed by atoms with Crippen LogP contribution >= 0.6 is 0 Å². The van der Waals surface area contributed by atoms with Gasteiger partial charge in [-0.1, -0.05) is 42.5 Å². The number of nitrogens with one attached hydrogen (secondary N) is 1. The number of nitrogens with zero attached hydrogens (tertiary/aromatic N) is 2. The van der Waals surface area contributed by atoms with Crippen molar-refractivity contribution in [3.63, 3.8) is 0 Å². The van der Waals surface area contributed by atoms with Gasteiger partial charge in [0.1, 0.15) is 0 Å². The Labute approximate surface area is 160 Å². The molecule has 0 atom stereocenters. The molecule has 2 amide bonds. The van der Waals surface area contributed by atoms with Crippen molar-refractivity contribution >= 4 is 6.03 Å². The van der Waals surface area contributed by atoms with Gasteiger partial charge in [0, 0.05) is 38.8 Å². The molecule has 27 heavy (non-hydrogen) atoms. The molecule has 1 fully saturated rings. The summed E-state index contributed by atoms with van der Waals surface area (Å²) < 4.78 is 5.55. The zero-order valence-electron chi connectivity index (χ0n) is 15.6. The second-order valence-electron chi connectivity index (χ2n) is 7.09. The topological polar surface area (TPSA) is 65.4 Å². The normalized spacial score (nSPS) is 15.6. The number of urea groups is 1. The van der Waals surface area contributed by atoms with Crippen molar-refractivity contribution < 1.29 is 9.53 Å². The average molecular weight is 363 g/mol. The molecule has 0 bridgehead atoms. The summed E-state index contributed by atoms with van der Waals surface area (Å²) in [5, 5.41) is 12.1. The number of hydrogen-bond acceptors (Lipinski definition) is 3. The van der Waals surface area contributed by atoms with Crippen molar-refractivity contribution in [2.75, 3.05) is 26.8 Å². The van der Waals surface area contributed by atoms with Crippen LogP contribution in [0.1, 0.15) is 29.5 Å². The van der Waals surface area contributed by atoms with E-state index in [0.717, 1.165) is 18.4 Å². The highest BCUT2D eigenvalue weighted by Gasteiger charge is 2.34. The third-order valence-corrected chi connectivity index (χ3v) is 5.24. The first-order valence-electron chi connectivity index (χ1n) is 9.24. The summed E-state index contributed by atoms with van der Waals surface area (Å²) in [4.78, 5) is 14.3. The molecule has 0 aromatic heterocycles.